The van der Waals surface area contributed by atoms with E-state index in [1.54, 1.807) is 38.1 Å². The number of aromatic amines is 1. The number of pyridine rings is 1. The van der Waals surface area contributed by atoms with Gasteiger partial charge in [-0.05, 0) is 42.5 Å². The molecule has 11 heteroatoms. The molecule has 0 aliphatic heterocycles. The topological polar surface area (TPSA) is 131 Å². The fraction of sp³-hybridized carbons (Fsp3) is 0.250. The van der Waals surface area contributed by atoms with Gasteiger partial charge in [-0.3, -0.25) is 0 Å². The van der Waals surface area contributed by atoms with E-state index in [1.165, 1.54) is 29.7 Å². The molecule has 35 heavy (non-hydrogen) atoms. The Kier molecular flexibility index (Phi) is 6.92. The second-order valence-electron chi connectivity index (χ2n) is 7.63. The first-order valence-corrected chi connectivity index (χ1v) is 12.3. The van der Waals surface area contributed by atoms with E-state index in [1.807, 2.05) is 6.07 Å². The number of ether oxygens (including phenoxy) is 3. The fourth-order valence-electron chi connectivity index (χ4n) is 3.96. The first-order valence-electron chi connectivity index (χ1n) is 10.9. The summed E-state index contributed by atoms with van der Waals surface area (Å²) in [5, 5.41) is 10.5. The van der Waals surface area contributed by atoms with E-state index in [0.717, 1.165) is 10.9 Å². The number of fused-ring (bicyclic) bond motifs is 3. The first kappa shape index (κ1) is 24.5. The summed E-state index contributed by atoms with van der Waals surface area (Å²) in [5.41, 5.74) is 1.97. The van der Waals surface area contributed by atoms with Crippen molar-refractivity contribution in [2.45, 2.75) is 25.3 Å². The molecule has 0 bridgehead atoms. The molecule has 0 spiro atoms. The fourth-order valence-corrected chi connectivity index (χ4v) is 5.42. The van der Waals surface area contributed by atoms with Crippen LogP contribution in [0.3, 0.4) is 0 Å². The molecule has 0 saturated carbocycles. The van der Waals surface area contributed by atoms with Crippen LogP contribution >= 0.6 is 0 Å². The summed E-state index contributed by atoms with van der Waals surface area (Å²) in [5.74, 6) is 0.930. The largest absolute Gasteiger partial charge is 0.512 e. The van der Waals surface area contributed by atoms with Crippen LogP contribution in [-0.2, 0) is 21.4 Å². The molecular weight excluding hydrogens is 474 g/mol. The van der Waals surface area contributed by atoms with Gasteiger partial charge in [-0.25, -0.2) is 18.2 Å². The van der Waals surface area contributed by atoms with E-state index in [9.17, 15) is 13.2 Å². The van der Waals surface area contributed by atoms with Crippen molar-refractivity contribution in [2.75, 3.05) is 20.2 Å². The molecule has 0 saturated heterocycles. The van der Waals surface area contributed by atoms with Crippen LogP contribution in [0.4, 0.5) is 4.79 Å². The molecule has 184 valence electrons. The summed E-state index contributed by atoms with van der Waals surface area (Å²) in [7, 11) is -2.06. The van der Waals surface area contributed by atoms with Crippen molar-refractivity contribution in [2.24, 2.45) is 0 Å². The lowest BCUT2D eigenvalue weighted by molar-refractivity contribution is 0.139. The van der Waals surface area contributed by atoms with Crippen LogP contribution in [0.5, 0.6) is 17.4 Å². The molecule has 2 aromatic heterocycles. The van der Waals surface area contributed by atoms with Crippen molar-refractivity contribution in [3.63, 3.8) is 0 Å². The van der Waals surface area contributed by atoms with Crippen LogP contribution in [0.25, 0.3) is 21.8 Å². The van der Waals surface area contributed by atoms with Gasteiger partial charge in [0.05, 0.1) is 28.8 Å². The van der Waals surface area contributed by atoms with Crippen LogP contribution < -0.4 is 9.47 Å². The number of nitrogens with zero attached hydrogens (tertiary/aromatic N) is 2. The zero-order valence-corrected chi connectivity index (χ0v) is 20.3. The van der Waals surface area contributed by atoms with Gasteiger partial charge in [0.1, 0.15) is 11.5 Å². The highest BCUT2D eigenvalue weighted by Gasteiger charge is 2.21. The number of carbonyl (C=O) groups is 1. The maximum Gasteiger partial charge on any atom is 0.512 e. The third kappa shape index (κ3) is 4.78. The lowest BCUT2D eigenvalue weighted by Gasteiger charge is -2.18. The van der Waals surface area contributed by atoms with Crippen LogP contribution in [0.15, 0.2) is 53.6 Å². The number of hydrogen-bond donors (Lipinski definition) is 2. The number of sulfonamides is 1. The minimum absolute atomic E-state index is 0.0518. The van der Waals surface area contributed by atoms with Gasteiger partial charge in [0.25, 0.3) is 0 Å². The number of methoxy groups -OCH3 is 1. The average Bonchev–Trinajstić information content (AvgIpc) is 3.19. The third-order valence-electron chi connectivity index (χ3n) is 5.55. The van der Waals surface area contributed by atoms with Crippen LogP contribution in [0.1, 0.15) is 19.4 Å². The Balaban J connectivity index is 1.70. The molecule has 10 nitrogen and oxygen atoms in total. The van der Waals surface area contributed by atoms with Gasteiger partial charge in [0.2, 0.25) is 15.9 Å². The van der Waals surface area contributed by atoms with E-state index in [2.05, 4.69) is 9.97 Å². The summed E-state index contributed by atoms with van der Waals surface area (Å²) in [6.07, 6.45) is 0.0343. The number of benzene rings is 2. The quantitative estimate of drug-likeness (QED) is 0.316. The van der Waals surface area contributed by atoms with Gasteiger partial charge in [-0.15, -0.1) is 0 Å². The summed E-state index contributed by atoms with van der Waals surface area (Å²) >= 11 is 0. The lowest BCUT2D eigenvalue weighted by Crippen LogP contribution is -2.30. The summed E-state index contributed by atoms with van der Waals surface area (Å²) in [6.45, 7) is 4.46. The van der Waals surface area contributed by atoms with Gasteiger partial charge < -0.3 is 24.3 Å². The number of nitrogens with one attached hydrogen (secondary N) is 1. The monoisotopic (exact) mass is 499 g/mol. The highest BCUT2D eigenvalue weighted by atomic mass is 32.2. The molecule has 0 aliphatic rings. The SMILES string of the molecule is CCN(CC)S(=O)(=O)c1ccc(Oc2ccc3[nH]c4cnc(OC(=O)O)c(COC)c4c3c2)cc1. The Hall–Kier alpha value is -3.67. The van der Waals surface area contributed by atoms with Crippen molar-refractivity contribution in [3.8, 4) is 17.4 Å². The Morgan fingerprint density at radius 2 is 1.74 bits per heavy atom. The molecule has 4 rings (SSSR count). The molecule has 0 unspecified atom stereocenters. The maximum atomic E-state index is 12.7. The van der Waals surface area contributed by atoms with Gasteiger partial charge >= 0.3 is 6.16 Å². The molecule has 0 radical (unpaired) electrons. The lowest BCUT2D eigenvalue weighted by atomic mass is 10.1. The van der Waals surface area contributed by atoms with Crippen molar-refractivity contribution >= 4 is 38.0 Å². The third-order valence-corrected chi connectivity index (χ3v) is 7.61. The Morgan fingerprint density at radius 3 is 2.37 bits per heavy atom. The molecule has 2 N–H and O–H groups in total. The second kappa shape index (κ2) is 9.90. The van der Waals surface area contributed by atoms with Crippen LogP contribution in [0.2, 0.25) is 0 Å². The number of rotatable bonds is 9. The average molecular weight is 500 g/mol. The van der Waals surface area contributed by atoms with Crippen LogP contribution in [-0.4, -0.2) is 54.2 Å². The van der Waals surface area contributed by atoms with E-state index in [-0.39, 0.29) is 17.4 Å². The molecule has 0 amide bonds. The second-order valence-corrected chi connectivity index (χ2v) is 9.56. The summed E-state index contributed by atoms with van der Waals surface area (Å²) < 4.78 is 42.9. The molecule has 4 aromatic rings. The van der Waals surface area contributed by atoms with Gasteiger partial charge in [0, 0.05) is 36.5 Å². The van der Waals surface area contributed by atoms with Gasteiger partial charge in [-0.2, -0.15) is 4.31 Å². The Morgan fingerprint density at radius 1 is 1.06 bits per heavy atom. The maximum absolute atomic E-state index is 12.7. The van der Waals surface area contributed by atoms with E-state index in [0.29, 0.717) is 41.1 Å². The standard InChI is InChI=1S/C24H25N3O7S/c1-4-27(5-2)35(30,31)17-9-6-15(7-10-17)33-16-8-11-20-18(12-16)22-19(14-32-3)23(34-24(28)29)25-13-21(22)26-20/h6-13,26H,4-5,14H2,1-3H3,(H,28,29). The van der Waals surface area contributed by atoms with E-state index < -0.39 is 16.2 Å². The predicted octanol–water partition coefficient (Wildman–Crippen LogP) is 4.74. The molecule has 2 aromatic carbocycles. The van der Waals surface area contributed by atoms with Crippen molar-refractivity contribution in [1.82, 2.24) is 14.3 Å². The Bertz CT molecular complexity index is 1480. The predicted molar refractivity (Wildman–Crippen MR) is 130 cm³/mol. The number of carboxylic acid groups (broad SMARTS) is 1. The smallest absolute Gasteiger partial charge is 0.457 e. The van der Waals surface area contributed by atoms with Gasteiger partial charge in [-0.1, -0.05) is 13.8 Å². The number of H-pyrrole nitrogens is 1. The van der Waals surface area contributed by atoms with Crippen molar-refractivity contribution in [1.29, 1.82) is 0 Å². The van der Waals surface area contributed by atoms with E-state index in [4.69, 9.17) is 19.3 Å². The van der Waals surface area contributed by atoms with Crippen molar-refractivity contribution in [3.05, 3.63) is 54.2 Å². The Labute approximate surface area is 202 Å². The normalized spacial score (nSPS) is 11.9. The van der Waals surface area contributed by atoms with Crippen molar-refractivity contribution < 1.29 is 32.5 Å². The molecule has 0 aliphatic carbocycles. The highest BCUT2D eigenvalue weighted by Crippen LogP contribution is 2.36. The molecular formula is C24H25N3O7S. The molecule has 0 fully saturated rings. The number of hydrogen-bond acceptors (Lipinski definition) is 7. The molecule has 0 atom stereocenters. The minimum atomic E-state index is -3.56. The number of aromatic nitrogens is 2. The highest BCUT2D eigenvalue weighted by molar-refractivity contribution is 7.89. The summed E-state index contributed by atoms with van der Waals surface area (Å²) in [4.78, 5) is 18.7. The zero-order valence-electron chi connectivity index (χ0n) is 19.4. The van der Waals surface area contributed by atoms with Gasteiger partial charge in [0.15, 0.2) is 0 Å². The molecule has 2 heterocycles. The van der Waals surface area contributed by atoms with Crippen LogP contribution in [0, 0.1) is 0 Å². The summed E-state index contributed by atoms with van der Waals surface area (Å²) in [6, 6.07) is 11.7. The minimum Gasteiger partial charge on any atom is -0.457 e. The van der Waals surface area contributed by atoms with E-state index >= 15 is 0 Å². The zero-order chi connectivity index (χ0) is 25.2. The first-order chi connectivity index (χ1) is 16.8.